The third-order valence-electron chi connectivity index (χ3n) is 1.48. The number of rotatable bonds is 3. The van der Waals surface area contributed by atoms with Crippen LogP contribution in [0.3, 0.4) is 0 Å². The van der Waals surface area contributed by atoms with E-state index in [0.29, 0.717) is 12.8 Å². The van der Waals surface area contributed by atoms with Gasteiger partial charge in [0.1, 0.15) is 0 Å². The molecule has 0 bridgehead atoms. The molecule has 0 heterocycles. The van der Waals surface area contributed by atoms with Crippen molar-refractivity contribution < 1.29 is 37.5 Å². The second-order valence-corrected chi connectivity index (χ2v) is 2.41. The van der Waals surface area contributed by atoms with Crippen molar-refractivity contribution in [2.75, 3.05) is 0 Å². The molecule has 0 radical (unpaired) electrons. The monoisotopic (exact) mass is 237 g/mol. The third kappa shape index (κ3) is 4.63. The second kappa shape index (κ2) is 6.33. The summed E-state index contributed by atoms with van der Waals surface area (Å²) >= 11 is 0. The molecule has 0 saturated carbocycles. The molecule has 3 heteroatoms. The number of carbonyl (C=O) groups excluding carboxylic acids is 1. The van der Waals surface area contributed by atoms with E-state index in [4.69, 9.17) is 5.73 Å². The molecule has 0 unspecified atom stereocenters. The molecule has 0 aliphatic heterocycles. The van der Waals surface area contributed by atoms with Crippen molar-refractivity contribution in [2.45, 2.75) is 12.8 Å². The molecule has 0 spiro atoms. The summed E-state index contributed by atoms with van der Waals surface area (Å²) in [7, 11) is 0. The van der Waals surface area contributed by atoms with Gasteiger partial charge in [-0.1, -0.05) is 30.3 Å². The van der Waals surface area contributed by atoms with E-state index in [-0.39, 0.29) is 32.7 Å². The summed E-state index contributed by atoms with van der Waals surface area (Å²) in [5, 5.41) is 0. The quantitative estimate of drug-likeness (QED) is 0.794. The van der Waals surface area contributed by atoms with Crippen molar-refractivity contribution in [3.05, 3.63) is 41.6 Å². The van der Waals surface area contributed by atoms with Crippen molar-refractivity contribution in [1.29, 1.82) is 0 Å². The van der Waals surface area contributed by atoms with E-state index in [1.54, 1.807) is 0 Å². The van der Waals surface area contributed by atoms with Crippen LogP contribution in [0.4, 0.5) is 0 Å². The van der Waals surface area contributed by atoms with Gasteiger partial charge in [0.05, 0.1) is 0 Å². The molecule has 1 aromatic carbocycles. The van der Waals surface area contributed by atoms with Gasteiger partial charge in [0.15, 0.2) is 0 Å². The zero-order valence-corrected chi connectivity index (χ0v) is 9.62. The van der Waals surface area contributed by atoms with Crippen molar-refractivity contribution >= 4 is 5.91 Å². The summed E-state index contributed by atoms with van der Waals surface area (Å²) in [5.41, 5.74) is 7.81. The van der Waals surface area contributed by atoms with Crippen molar-refractivity contribution in [1.82, 2.24) is 0 Å². The Hall–Kier alpha value is -0.206. The normalized spacial score (nSPS) is 8.67. The first-order chi connectivity index (χ1) is 5.29. The van der Waals surface area contributed by atoms with Crippen LogP contribution in [0.1, 0.15) is 12.0 Å². The van der Waals surface area contributed by atoms with Gasteiger partial charge in [-0.3, -0.25) is 0 Å². The number of hydrogen-bond acceptors (Lipinski definition) is 1. The Morgan fingerprint density at radius 3 is 2.33 bits per heavy atom. The number of amides is 1. The molecule has 0 aromatic heterocycles. The average Bonchev–Trinajstić information content (AvgIpc) is 2.03. The third-order valence-corrected chi connectivity index (χ3v) is 1.48. The summed E-state index contributed by atoms with van der Waals surface area (Å²) < 4.78 is 0. The van der Waals surface area contributed by atoms with Crippen LogP contribution < -0.4 is 0 Å². The van der Waals surface area contributed by atoms with Crippen LogP contribution in [-0.2, 0) is 43.9 Å². The van der Waals surface area contributed by atoms with Gasteiger partial charge in [-0.25, -0.2) is 0 Å². The van der Waals surface area contributed by atoms with Crippen LogP contribution in [0.15, 0.2) is 30.3 Å². The molecule has 58 valence electrons. The molecule has 0 aliphatic carbocycles. The summed E-state index contributed by atoms with van der Waals surface area (Å²) in [6.07, 6.45) is 1.01. The van der Waals surface area contributed by atoms with E-state index < -0.39 is 5.91 Å². The smallest absolute Gasteiger partial charge is 0.668 e. The Morgan fingerprint density at radius 2 is 1.83 bits per heavy atom. The predicted molar refractivity (Wildman–Crippen MR) is 44.1 cm³/mol. The zero-order chi connectivity index (χ0) is 8.10. The molecular formula is C9H10NOY+2. The van der Waals surface area contributed by atoms with Gasteiger partial charge in [-0.05, 0) is 18.4 Å². The minimum atomic E-state index is -0.492. The molecule has 1 amide bonds. The molecule has 2 nitrogen and oxygen atoms in total. The largest absolute Gasteiger partial charge is 3.00 e. The Bertz CT molecular complexity index is 236. The number of carbonyl (C=O) groups is 1. The SMILES string of the molecule is [NH-]C(=O)CCc1ccccc1.[Y+3]. The van der Waals surface area contributed by atoms with Crippen LogP contribution in [-0.4, -0.2) is 5.91 Å². The fourth-order valence-corrected chi connectivity index (χ4v) is 0.903. The molecule has 0 saturated heterocycles. The summed E-state index contributed by atoms with van der Waals surface area (Å²) in [4.78, 5) is 10.3. The van der Waals surface area contributed by atoms with Crippen molar-refractivity contribution in [3.8, 4) is 0 Å². The van der Waals surface area contributed by atoms with Crippen LogP contribution in [0.2, 0.25) is 0 Å². The molecule has 1 aromatic rings. The first kappa shape index (κ1) is 11.8. The Kier molecular flexibility index (Phi) is 6.22. The summed E-state index contributed by atoms with van der Waals surface area (Å²) in [5.74, 6) is -0.492. The molecule has 0 fully saturated rings. The molecular weight excluding hydrogens is 227 g/mol. The predicted octanol–water partition coefficient (Wildman–Crippen LogP) is 2.20. The molecule has 1 N–H and O–H groups in total. The van der Waals surface area contributed by atoms with Gasteiger partial charge < -0.3 is 10.5 Å². The molecule has 1 rings (SSSR count). The maximum atomic E-state index is 10.3. The summed E-state index contributed by atoms with van der Waals surface area (Å²) in [6.45, 7) is 0. The van der Waals surface area contributed by atoms with Gasteiger partial charge >= 0.3 is 32.7 Å². The van der Waals surface area contributed by atoms with Gasteiger partial charge in [0.25, 0.3) is 0 Å². The maximum absolute atomic E-state index is 10.3. The van der Waals surface area contributed by atoms with E-state index >= 15 is 0 Å². The van der Waals surface area contributed by atoms with E-state index in [1.807, 2.05) is 30.3 Å². The first-order valence-electron chi connectivity index (χ1n) is 3.57. The second-order valence-electron chi connectivity index (χ2n) is 2.41. The Balaban J connectivity index is 0.00000121. The first-order valence-corrected chi connectivity index (χ1v) is 3.57. The molecule has 0 atom stereocenters. The van der Waals surface area contributed by atoms with E-state index in [2.05, 4.69) is 0 Å². The van der Waals surface area contributed by atoms with E-state index in [9.17, 15) is 4.79 Å². The van der Waals surface area contributed by atoms with Crippen LogP contribution >= 0.6 is 0 Å². The zero-order valence-electron chi connectivity index (χ0n) is 6.79. The fraction of sp³-hybridized carbons (Fsp3) is 0.222. The fourth-order valence-electron chi connectivity index (χ4n) is 0.903. The standard InChI is InChI=1S/C9H11NO.Y/c10-9(11)7-6-8-4-2-1-3-5-8;/h1-5H,6-7H2,(H2,10,11);/q;+3/p-1. The number of aryl methyl sites for hydroxylation is 1. The van der Waals surface area contributed by atoms with Crippen molar-refractivity contribution in [3.63, 3.8) is 0 Å². The molecule has 0 aliphatic rings. The minimum Gasteiger partial charge on any atom is -0.668 e. The molecule has 12 heavy (non-hydrogen) atoms. The van der Waals surface area contributed by atoms with E-state index in [1.165, 1.54) is 0 Å². The minimum absolute atomic E-state index is 0. The number of benzene rings is 1. The van der Waals surface area contributed by atoms with Crippen LogP contribution in [0.25, 0.3) is 5.73 Å². The van der Waals surface area contributed by atoms with Crippen LogP contribution in [0, 0.1) is 0 Å². The van der Waals surface area contributed by atoms with Gasteiger partial charge in [0, 0.05) is 5.91 Å². The van der Waals surface area contributed by atoms with E-state index in [0.717, 1.165) is 5.56 Å². The van der Waals surface area contributed by atoms with Gasteiger partial charge in [-0.15, -0.1) is 0 Å². The van der Waals surface area contributed by atoms with Gasteiger partial charge in [-0.2, -0.15) is 0 Å². The topological polar surface area (TPSA) is 40.9 Å². The van der Waals surface area contributed by atoms with Gasteiger partial charge in [0.2, 0.25) is 0 Å². The van der Waals surface area contributed by atoms with Crippen molar-refractivity contribution in [2.24, 2.45) is 0 Å². The summed E-state index contributed by atoms with van der Waals surface area (Å²) in [6, 6.07) is 9.73. The number of nitrogens with one attached hydrogen (secondary N) is 1. The average molecular weight is 237 g/mol. The number of hydrogen-bond donors (Lipinski definition) is 0. The van der Waals surface area contributed by atoms with Crippen LogP contribution in [0.5, 0.6) is 0 Å². The Morgan fingerprint density at radius 1 is 1.25 bits per heavy atom. The maximum Gasteiger partial charge on any atom is 3.00 e. The Labute approximate surface area is 97.4 Å².